The maximum atomic E-state index is 9.96. The number of phenols is 1. The van der Waals surface area contributed by atoms with E-state index in [2.05, 4.69) is 17.1 Å². The van der Waals surface area contributed by atoms with Crippen molar-refractivity contribution in [1.82, 2.24) is 20.0 Å². The third-order valence-electron chi connectivity index (χ3n) is 5.56. The molecule has 7 heteroatoms. The Morgan fingerprint density at radius 3 is 2.56 bits per heavy atom. The molecule has 1 atom stereocenters. The van der Waals surface area contributed by atoms with Crippen LogP contribution in [0.15, 0.2) is 48.5 Å². The predicted octanol–water partition coefficient (Wildman–Crippen LogP) is 5.12. The molecule has 7 nitrogen and oxygen atoms in total. The highest BCUT2D eigenvalue weighted by Crippen LogP contribution is 2.34. The quantitative estimate of drug-likeness (QED) is 0.437. The summed E-state index contributed by atoms with van der Waals surface area (Å²) in [6, 6.07) is 15.2. The lowest BCUT2D eigenvalue weighted by Gasteiger charge is -2.21. The number of phenolic OH excluding ortho intramolecular Hbond substituents is 1. The fourth-order valence-electron chi connectivity index (χ4n) is 4.01. The minimum Gasteiger partial charge on any atom is -0.508 e. The third-order valence-corrected chi connectivity index (χ3v) is 5.56. The molecule has 166 valence electrons. The number of fused-ring (bicyclic) bond motifs is 1. The zero-order valence-corrected chi connectivity index (χ0v) is 19.2. The van der Waals surface area contributed by atoms with E-state index >= 15 is 0 Å². The summed E-state index contributed by atoms with van der Waals surface area (Å²) in [5.41, 5.74) is 4.44. The lowest BCUT2D eigenvalue weighted by Crippen LogP contribution is -2.12. The van der Waals surface area contributed by atoms with Gasteiger partial charge in [-0.3, -0.25) is 0 Å². The van der Waals surface area contributed by atoms with Crippen molar-refractivity contribution in [3.05, 3.63) is 65.5 Å². The Morgan fingerprint density at radius 2 is 1.84 bits per heavy atom. The van der Waals surface area contributed by atoms with Gasteiger partial charge in [0.1, 0.15) is 28.8 Å². The average Bonchev–Trinajstić information content (AvgIpc) is 3.11. The van der Waals surface area contributed by atoms with Crippen LogP contribution in [0.25, 0.3) is 16.6 Å². The summed E-state index contributed by atoms with van der Waals surface area (Å²) >= 11 is 0. The maximum absolute atomic E-state index is 9.96. The van der Waals surface area contributed by atoms with Crippen LogP contribution in [0, 0.1) is 13.8 Å². The Balaban J connectivity index is 1.82. The van der Waals surface area contributed by atoms with Crippen LogP contribution < -0.4 is 9.64 Å². The Morgan fingerprint density at radius 1 is 1.06 bits per heavy atom. The number of ether oxygens (including phenoxy) is 1. The van der Waals surface area contributed by atoms with Gasteiger partial charge in [-0.25, -0.2) is 4.68 Å². The fraction of sp³-hybridized carbons (Fsp3) is 0.320. The van der Waals surface area contributed by atoms with Crippen molar-refractivity contribution in [3.63, 3.8) is 0 Å². The molecule has 0 aliphatic carbocycles. The summed E-state index contributed by atoms with van der Waals surface area (Å²) in [6.45, 7) is 6.12. The molecule has 0 bridgehead atoms. The SMILES string of the molecule is CCCC(Oc1ccccc1-n1nc2c(N(C)C)nnc(C)c2c1C)c1cccc(O)c1. The van der Waals surface area contributed by atoms with E-state index in [0.29, 0.717) is 0 Å². The number of anilines is 1. The van der Waals surface area contributed by atoms with Gasteiger partial charge >= 0.3 is 0 Å². The lowest BCUT2D eigenvalue weighted by atomic mass is 10.0. The lowest BCUT2D eigenvalue weighted by molar-refractivity contribution is 0.192. The first-order chi connectivity index (χ1) is 15.4. The van der Waals surface area contributed by atoms with Crippen LogP contribution in [-0.4, -0.2) is 39.2 Å². The second-order valence-electron chi connectivity index (χ2n) is 8.18. The van der Waals surface area contributed by atoms with Crippen LogP contribution in [0.2, 0.25) is 0 Å². The van der Waals surface area contributed by atoms with E-state index in [4.69, 9.17) is 9.84 Å². The summed E-state index contributed by atoms with van der Waals surface area (Å²) in [5, 5.41) is 24.6. The summed E-state index contributed by atoms with van der Waals surface area (Å²) in [7, 11) is 3.88. The van der Waals surface area contributed by atoms with E-state index < -0.39 is 0 Å². The number of hydrogen-bond donors (Lipinski definition) is 1. The summed E-state index contributed by atoms with van der Waals surface area (Å²) in [6.07, 6.45) is 1.60. The van der Waals surface area contributed by atoms with Crippen LogP contribution in [0.1, 0.15) is 42.8 Å². The maximum Gasteiger partial charge on any atom is 0.179 e. The van der Waals surface area contributed by atoms with Crippen molar-refractivity contribution < 1.29 is 9.84 Å². The Bertz CT molecular complexity index is 1250. The van der Waals surface area contributed by atoms with Gasteiger partial charge in [-0.2, -0.15) is 10.2 Å². The average molecular weight is 432 g/mol. The molecule has 0 aliphatic rings. The molecule has 1 unspecified atom stereocenters. The van der Waals surface area contributed by atoms with Gasteiger partial charge in [0, 0.05) is 14.1 Å². The van der Waals surface area contributed by atoms with E-state index in [1.807, 2.05) is 73.9 Å². The molecule has 0 saturated carbocycles. The third kappa shape index (κ3) is 3.98. The standard InChI is InChI=1S/C25H29N5O2/c1-6-10-21(18-11-9-12-19(31)15-18)32-22-14-8-7-13-20(22)30-17(3)23-16(2)26-27-25(29(4)5)24(23)28-30/h7-9,11-15,21,31H,6,10H2,1-5H3. The van der Waals surface area contributed by atoms with E-state index in [9.17, 15) is 5.11 Å². The number of aromatic hydroxyl groups is 1. The van der Waals surface area contributed by atoms with Gasteiger partial charge in [0.15, 0.2) is 5.82 Å². The van der Waals surface area contributed by atoms with Crippen molar-refractivity contribution in [3.8, 4) is 17.2 Å². The van der Waals surface area contributed by atoms with Gasteiger partial charge in [0.2, 0.25) is 0 Å². The molecule has 2 aromatic heterocycles. The predicted molar refractivity (Wildman–Crippen MR) is 127 cm³/mol. The van der Waals surface area contributed by atoms with Crippen LogP contribution in [-0.2, 0) is 0 Å². The van der Waals surface area contributed by atoms with Gasteiger partial charge in [-0.15, -0.1) is 5.10 Å². The van der Waals surface area contributed by atoms with Gasteiger partial charge < -0.3 is 14.7 Å². The molecule has 0 amide bonds. The number of benzene rings is 2. The molecule has 4 rings (SSSR count). The molecule has 0 radical (unpaired) electrons. The van der Waals surface area contributed by atoms with Crippen LogP contribution >= 0.6 is 0 Å². The first-order valence-corrected chi connectivity index (χ1v) is 10.9. The van der Waals surface area contributed by atoms with E-state index in [0.717, 1.165) is 58.0 Å². The molecular weight excluding hydrogens is 402 g/mol. The minimum absolute atomic E-state index is 0.180. The van der Waals surface area contributed by atoms with Gasteiger partial charge in [0.25, 0.3) is 0 Å². The smallest absolute Gasteiger partial charge is 0.179 e. The minimum atomic E-state index is -0.180. The van der Waals surface area contributed by atoms with Crippen LogP contribution in [0.4, 0.5) is 5.82 Å². The molecular formula is C25H29N5O2. The summed E-state index contributed by atoms with van der Waals surface area (Å²) < 4.78 is 8.44. The molecule has 32 heavy (non-hydrogen) atoms. The Hall–Kier alpha value is -3.61. The molecule has 4 aromatic rings. The number of aromatic nitrogens is 4. The first-order valence-electron chi connectivity index (χ1n) is 10.9. The van der Waals surface area contributed by atoms with Crippen molar-refractivity contribution in [1.29, 1.82) is 0 Å². The first kappa shape index (κ1) is 21.6. The molecule has 2 aromatic carbocycles. The number of aryl methyl sites for hydroxylation is 2. The Labute approximate surface area is 188 Å². The summed E-state index contributed by atoms with van der Waals surface area (Å²) in [4.78, 5) is 1.92. The molecule has 0 fully saturated rings. The van der Waals surface area contributed by atoms with Gasteiger partial charge in [-0.1, -0.05) is 37.6 Å². The molecule has 0 saturated heterocycles. The van der Waals surface area contributed by atoms with Crippen molar-refractivity contribution in [2.45, 2.75) is 39.7 Å². The van der Waals surface area contributed by atoms with Crippen LogP contribution in [0.3, 0.4) is 0 Å². The van der Waals surface area contributed by atoms with Crippen LogP contribution in [0.5, 0.6) is 11.5 Å². The second-order valence-corrected chi connectivity index (χ2v) is 8.18. The zero-order valence-electron chi connectivity index (χ0n) is 19.2. The van der Waals surface area contributed by atoms with E-state index in [-0.39, 0.29) is 11.9 Å². The van der Waals surface area contributed by atoms with E-state index in [1.54, 1.807) is 12.1 Å². The molecule has 0 spiro atoms. The largest absolute Gasteiger partial charge is 0.508 e. The molecule has 1 N–H and O–H groups in total. The molecule has 0 aliphatic heterocycles. The topological polar surface area (TPSA) is 76.3 Å². The number of nitrogens with zero attached hydrogens (tertiary/aromatic N) is 5. The van der Waals surface area contributed by atoms with Gasteiger partial charge in [-0.05, 0) is 50.1 Å². The van der Waals surface area contributed by atoms with Crippen molar-refractivity contribution in [2.24, 2.45) is 0 Å². The van der Waals surface area contributed by atoms with Crippen molar-refractivity contribution in [2.75, 3.05) is 19.0 Å². The normalized spacial score (nSPS) is 12.2. The second kappa shape index (κ2) is 8.86. The highest BCUT2D eigenvalue weighted by molar-refractivity contribution is 5.92. The van der Waals surface area contributed by atoms with E-state index in [1.165, 1.54) is 0 Å². The highest BCUT2D eigenvalue weighted by atomic mass is 16.5. The molecule has 2 heterocycles. The fourth-order valence-corrected chi connectivity index (χ4v) is 4.01. The Kier molecular flexibility index (Phi) is 5.99. The zero-order chi connectivity index (χ0) is 22.8. The number of para-hydroxylation sites is 2. The number of rotatable bonds is 7. The summed E-state index contributed by atoms with van der Waals surface area (Å²) in [5.74, 6) is 1.70. The highest BCUT2D eigenvalue weighted by Gasteiger charge is 2.21. The van der Waals surface area contributed by atoms with Gasteiger partial charge in [0.05, 0.1) is 16.8 Å². The van der Waals surface area contributed by atoms with Crippen molar-refractivity contribution >= 4 is 16.7 Å². The number of hydrogen-bond acceptors (Lipinski definition) is 6. The monoisotopic (exact) mass is 431 g/mol.